The predicted molar refractivity (Wildman–Crippen MR) is 77.7 cm³/mol. The Morgan fingerprint density at radius 3 is 1.78 bits per heavy atom. The number of nitrogens with one attached hydrogen (secondary N) is 2. The molecule has 0 unspecified atom stereocenters. The largest absolute Gasteiger partial charge is 0.494 e. The maximum atomic E-state index is 14.1. The molecule has 124 valence electrons. The fourth-order valence-corrected chi connectivity index (χ4v) is 1.85. The summed E-state index contributed by atoms with van der Waals surface area (Å²) < 4.78 is 65.1. The Kier molecular flexibility index (Phi) is 5.15. The molecule has 4 nitrogen and oxygen atoms in total. The van der Waals surface area contributed by atoms with E-state index >= 15 is 0 Å². The van der Waals surface area contributed by atoms with E-state index in [4.69, 9.17) is 9.47 Å². The van der Waals surface area contributed by atoms with Gasteiger partial charge in [0.1, 0.15) is 11.4 Å². The Hall–Kier alpha value is -2.64. The second-order valence-corrected chi connectivity index (χ2v) is 4.36. The molecule has 23 heavy (non-hydrogen) atoms. The molecule has 0 aliphatic carbocycles. The molecule has 0 aromatic heterocycles. The lowest BCUT2D eigenvalue weighted by Crippen LogP contribution is -2.15. The summed E-state index contributed by atoms with van der Waals surface area (Å²) >= 11 is 0. The molecule has 0 saturated heterocycles. The van der Waals surface area contributed by atoms with Crippen LogP contribution in [0.5, 0.6) is 11.5 Å². The van der Waals surface area contributed by atoms with Crippen LogP contribution in [0.15, 0.2) is 24.3 Å². The van der Waals surface area contributed by atoms with Gasteiger partial charge in [0.2, 0.25) is 0 Å². The molecule has 2 rings (SSSR count). The summed E-state index contributed by atoms with van der Waals surface area (Å²) in [5.74, 6) is -4.39. The molecule has 2 aromatic carbocycles. The number of anilines is 2. The van der Waals surface area contributed by atoms with Crippen LogP contribution in [0.2, 0.25) is 0 Å². The van der Waals surface area contributed by atoms with Crippen LogP contribution in [0, 0.1) is 23.3 Å². The molecule has 0 radical (unpaired) electrons. The van der Waals surface area contributed by atoms with Gasteiger partial charge in [-0.1, -0.05) is 0 Å². The van der Waals surface area contributed by atoms with E-state index in [0.717, 1.165) is 24.3 Å². The Morgan fingerprint density at radius 2 is 1.30 bits per heavy atom. The van der Waals surface area contributed by atoms with Crippen molar-refractivity contribution in [2.75, 3.05) is 24.6 Å². The van der Waals surface area contributed by atoms with Crippen LogP contribution in [-0.2, 0) is 0 Å². The lowest BCUT2D eigenvalue weighted by Gasteiger charge is -2.15. The summed E-state index contributed by atoms with van der Waals surface area (Å²) in [5.41, 5.74) is 2.96. The molecule has 0 spiro atoms. The number of ether oxygens (including phenoxy) is 2. The van der Waals surface area contributed by atoms with Crippen molar-refractivity contribution >= 4 is 11.4 Å². The van der Waals surface area contributed by atoms with E-state index in [2.05, 4.69) is 10.9 Å². The summed E-state index contributed by atoms with van der Waals surface area (Å²) in [5, 5.41) is 0. The molecular weight excluding hydrogens is 316 g/mol. The Bertz CT molecular complexity index is 710. The highest BCUT2D eigenvalue weighted by molar-refractivity contribution is 5.59. The maximum Gasteiger partial charge on any atom is 0.192 e. The highest BCUT2D eigenvalue weighted by Gasteiger charge is 2.18. The van der Waals surface area contributed by atoms with Crippen LogP contribution in [0.25, 0.3) is 0 Å². The molecule has 0 bridgehead atoms. The fraction of sp³-hybridized carbons (Fsp3) is 0.200. The third kappa shape index (κ3) is 3.41. The van der Waals surface area contributed by atoms with Crippen LogP contribution < -0.4 is 20.3 Å². The predicted octanol–water partition coefficient (Wildman–Crippen LogP) is 4.09. The van der Waals surface area contributed by atoms with Gasteiger partial charge in [0.05, 0.1) is 13.7 Å². The Balaban J connectivity index is 2.30. The highest BCUT2D eigenvalue weighted by atomic mass is 19.1. The first kappa shape index (κ1) is 16.7. The third-order valence-corrected chi connectivity index (χ3v) is 2.94. The van der Waals surface area contributed by atoms with Gasteiger partial charge in [0, 0.05) is 0 Å². The average molecular weight is 330 g/mol. The number of hydrogen-bond acceptors (Lipinski definition) is 4. The van der Waals surface area contributed by atoms with E-state index in [-0.39, 0.29) is 18.1 Å². The molecule has 8 heteroatoms. The van der Waals surface area contributed by atoms with E-state index in [0.29, 0.717) is 0 Å². The number of hydrogen-bond donors (Lipinski definition) is 2. The molecule has 2 N–H and O–H groups in total. The molecule has 0 aliphatic heterocycles. The third-order valence-electron chi connectivity index (χ3n) is 2.94. The summed E-state index contributed by atoms with van der Waals surface area (Å²) in [4.78, 5) is 0. The average Bonchev–Trinajstić information content (AvgIpc) is 2.53. The monoisotopic (exact) mass is 330 g/mol. The van der Waals surface area contributed by atoms with Gasteiger partial charge >= 0.3 is 0 Å². The van der Waals surface area contributed by atoms with E-state index in [1.807, 2.05) is 0 Å². The lowest BCUT2D eigenvalue weighted by molar-refractivity contribution is 0.321. The Morgan fingerprint density at radius 1 is 0.826 bits per heavy atom. The van der Waals surface area contributed by atoms with Gasteiger partial charge in [-0.2, -0.15) is 0 Å². The van der Waals surface area contributed by atoms with Crippen LogP contribution in [-0.4, -0.2) is 13.7 Å². The van der Waals surface area contributed by atoms with Gasteiger partial charge in [0.15, 0.2) is 34.8 Å². The van der Waals surface area contributed by atoms with Crippen molar-refractivity contribution in [2.45, 2.75) is 6.92 Å². The molecule has 0 heterocycles. The summed E-state index contributed by atoms with van der Waals surface area (Å²) in [6.45, 7) is 1.81. The zero-order chi connectivity index (χ0) is 17.0. The first-order valence-corrected chi connectivity index (χ1v) is 6.64. The van der Waals surface area contributed by atoms with E-state index in [1.54, 1.807) is 6.92 Å². The van der Waals surface area contributed by atoms with E-state index in [9.17, 15) is 17.6 Å². The lowest BCUT2D eigenvalue weighted by atomic mass is 10.2. The summed E-state index contributed by atoms with van der Waals surface area (Å²) in [6, 6.07) is 4.13. The first-order valence-electron chi connectivity index (χ1n) is 6.64. The van der Waals surface area contributed by atoms with E-state index in [1.165, 1.54) is 7.11 Å². The van der Waals surface area contributed by atoms with Crippen molar-refractivity contribution in [1.82, 2.24) is 0 Å². The van der Waals surface area contributed by atoms with Crippen LogP contribution in [0.3, 0.4) is 0 Å². The van der Waals surface area contributed by atoms with Crippen molar-refractivity contribution in [3.8, 4) is 11.5 Å². The van der Waals surface area contributed by atoms with Crippen molar-refractivity contribution in [2.24, 2.45) is 0 Å². The topological polar surface area (TPSA) is 42.5 Å². The van der Waals surface area contributed by atoms with Crippen molar-refractivity contribution in [3.63, 3.8) is 0 Å². The first-order chi connectivity index (χ1) is 11.0. The fourth-order valence-electron chi connectivity index (χ4n) is 1.85. The van der Waals surface area contributed by atoms with Gasteiger partial charge < -0.3 is 9.47 Å². The summed E-state index contributed by atoms with van der Waals surface area (Å²) in [6.07, 6.45) is 0. The minimum absolute atomic E-state index is 0.175. The minimum Gasteiger partial charge on any atom is -0.494 e. The summed E-state index contributed by atoms with van der Waals surface area (Å²) in [7, 11) is 1.21. The second kappa shape index (κ2) is 7.08. The molecule has 0 atom stereocenters. The van der Waals surface area contributed by atoms with Crippen molar-refractivity contribution in [1.29, 1.82) is 0 Å². The number of benzene rings is 2. The molecule has 2 aromatic rings. The van der Waals surface area contributed by atoms with Crippen LogP contribution in [0.4, 0.5) is 28.9 Å². The Labute approximate surface area is 130 Å². The smallest absolute Gasteiger partial charge is 0.192 e. The second-order valence-electron chi connectivity index (χ2n) is 4.36. The number of methoxy groups -OCH3 is 1. The van der Waals surface area contributed by atoms with Gasteiger partial charge in [-0.3, -0.25) is 10.9 Å². The molecule has 0 aliphatic rings. The van der Waals surface area contributed by atoms with Crippen molar-refractivity contribution < 1.29 is 27.0 Å². The number of hydrazine groups is 1. The van der Waals surface area contributed by atoms with Gasteiger partial charge in [-0.05, 0) is 31.2 Å². The zero-order valence-corrected chi connectivity index (χ0v) is 12.3. The normalized spacial score (nSPS) is 10.3. The zero-order valence-electron chi connectivity index (χ0n) is 12.3. The highest BCUT2D eigenvalue weighted by Crippen LogP contribution is 2.30. The van der Waals surface area contributed by atoms with Crippen LogP contribution >= 0.6 is 0 Å². The van der Waals surface area contributed by atoms with E-state index < -0.39 is 34.6 Å². The minimum atomic E-state index is -1.04. The van der Waals surface area contributed by atoms with Crippen molar-refractivity contribution in [3.05, 3.63) is 47.5 Å². The van der Waals surface area contributed by atoms with Gasteiger partial charge in [-0.15, -0.1) is 0 Å². The van der Waals surface area contributed by atoms with Gasteiger partial charge in [0.25, 0.3) is 0 Å². The molecule has 0 fully saturated rings. The van der Waals surface area contributed by atoms with Crippen LogP contribution in [0.1, 0.15) is 6.92 Å². The maximum absolute atomic E-state index is 14.1. The number of rotatable bonds is 6. The molecule has 0 saturated carbocycles. The SMILES string of the molecule is CCOc1ccc(F)c(NNc2c(F)ccc(OC)c2F)c1F. The number of halogens is 4. The molecular formula is C15H14F4N2O2. The van der Waals surface area contributed by atoms with Gasteiger partial charge in [-0.25, -0.2) is 17.6 Å². The molecule has 0 amide bonds. The standard InChI is InChI=1S/C15H14F4N2O2/c1-3-23-11-7-5-9(17)15(13(11)19)21-20-14-8(16)4-6-10(22-2)12(14)18/h4-7,20-21H,3H2,1-2H3. The quantitative estimate of drug-likeness (QED) is 0.618.